The molecule has 0 aliphatic carbocycles. The van der Waals surface area contributed by atoms with Crippen molar-refractivity contribution in [2.75, 3.05) is 30.8 Å². The Labute approximate surface area is 127 Å². The molecule has 0 bridgehead atoms. The summed E-state index contributed by atoms with van der Waals surface area (Å²) in [5, 5.41) is 9.23. The Balaban J connectivity index is 2.53. The first-order chi connectivity index (χ1) is 10.1. The fraction of sp³-hybridized carbons (Fsp3) is 0.667. The summed E-state index contributed by atoms with van der Waals surface area (Å²) in [4.78, 5) is 20.2. The molecule has 1 aromatic rings. The van der Waals surface area contributed by atoms with Crippen LogP contribution < -0.4 is 16.0 Å². The van der Waals surface area contributed by atoms with Gasteiger partial charge in [0.25, 0.3) is 0 Å². The van der Waals surface area contributed by atoms with Crippen molar-refractivity contribution in [2.45, 2.75) is 40.0 Å². The van der Waals surface area contributed by atoms with Crippen LogP contribution in [0.15, 0.2) is 6.33 Å². The Bertz CT molecular complexity index is 448. The van der Waals surface area contributed by atoms with E-state index in [0.717, 1.165) is 36.6 Å². The molecule has 21 heavy (non-hydrogen) atoms. The number of amides is 1. The van der Waals surface area contributed by atoms with Gasteiger partial charge in [0.15, 0.2) is 0 Å². The van der Waals surface area contributed by atoms with Crippen molar-refractivity contribution in [1.82, 2.24) is 15.3 Å². The summed E-state index contributed by atoms with van der Waals surface area (Å²) in [6.45, 7) is 7.57. The van der Waals surface area contributed by atoms with Gasteiger partial charge >= 0.3 is 0 Å². The normalized spacial score (nSPS) is 10.5. The van der Waals surface area contributed by atoms with E-state index in [2.05, 4.69) is 46.7 Å². The molecule has 0 radical (unpaired) electrons. The number of anilines is 2. The number of nitrogens with one attached hydrogen (secondary N) is 3. The molecule has 1 amide bonds. The molecule has 0 spiro atoms. The maximum Gasteiger partial charge on any atom is 0.221 e. The molecule has 0 atom stereocenters. The summed E-state index contributed by atoms with van der Waals surface area (Å²) in [6, 6.07) is 0. The first-order valence-electron chi connectivity index (χ1n) is 7.60. The van der Waals surface area contributed by atoms with Crippen LogP contribution >= 0.6 is 0 Å². The minimum Gasteiger partial charge on any atom is -0.373 e. The highest BCUT2D eigenvalue weighted by Crippen LogP contribution is 2.20. The van der Waals surface area contributed by atoms with Gasteiger partial charge in [0.2, 0.25) is 5.91 Å². The van der Waals surface area contributed by atoms with E-state index in [1.54, 1.807) is 0 Å². The summed E-state index contributed by atoms with van der Waals surface area (Å²) >= 11 is 0. The Morgan fingerprint density at radius 2 is 2.00 bits per heavy atom. The van der Waals surface area contributed by atoms with Gasteiger partial charge < -0.3 is 16.0 Å². The molecular formula is C15H27N5O. The predicted octanol–water partition coefficient (Wildman–Crippen LogP) is 2.04. The lowest BCUT2D eigenvalue weighted by molar-refractivity contribution is -0.120. The van der Waals surface area contributed by atoms with Crippen molar-refractivity contribution in [3.05, 3.63) is 11.9 Å². The molecule has 118 valence electrons. The molecule has 1 aromatic heterocycles. The van der Waals surface area contributed by atoms with Crippen LogP contribution in [-0.2, 0) is 11.2 Å². The van der Waals surface area contributed by atoms with Crippen LogP contribution in [0.3, 0.4) is 0 Å². The third kappa shape index (κ3) is 5.97. The van der Waals surface area contributed by atoms with E-state index in [0.29, 0.717) is 18.9 Å². The van der Waals surface area contributed by atoms with Crippen molar-refractivity contribution < 1.29 is 4.79 Å². The van der Waals surface area contributed by atoms with E-state index in [1.165, 1.54) is 6.33 Å². The molecule has 3 N–H and O–H groups in total. The maximum atomic E-state index is 11.7. The molecule has 0 aliphatic rings. The minimum absolute atomic E-state index is 0.0659. The van der Waals surface area contributed by atoms with E-state index < -0.39 is 0 Å². The van der Waals surface area contributed by atoms with Gasteiger partial charge in [-0.05, 0) is 12.3 Å². The maximum absolute atomic E-state index is 11.7. The van der Waals surface area contributed by atoms with Gasteiger partial charge in [-0.1, -0.05) is 27.2 Å². The largest absolute Gasteiger partial charge is 0.373 e. The number of carbonyl (C=O) groups excluding carboxylic acids is 1. The van der Waals surface area contributed by atoms with E-state index in [-0.39, 0.29) is 5.91 Å². The number of hydrogen-bond acceptors (Lipinski definition) is 5. The third-order valence-corrected chi connectivity index (χ3v) is 3.03. The highest BCUT2D eigenvalue weighted by atomic mass is 16.1. The van der Waals surface area contributed by atoms with Gasteiger partial charge in [-0.3, -0.25) is 4.79 Å². The average molecular weight is 293 g/mol. The van der Waals surface area contributed by atoms with Crippen molar-refractivity contribution in [1.29, 1.82) is 0 Å². The molecule has 0 fully saturated rings. The Morgan fingerprint density at radius 3 is 2.62 bits per heavy atom. The van der Waals surface area contributed by atoms with Crippen LogP contribution in [0.1, 0.15) is 39.2 Å². The van der Waals surface area contributed by atoms with E-state index in [4.69, 9.17) is 0 Å². The predicted molar refractivity (Wildman–Crippen MR) is 86.5 cm³/mol. The van der Waals surface area contributed by atoms with Gasteiger partial charge in [-0.25, -0.2) is 9.97 Å². The first-order valence-corrected chi connectivity index (χ1v) is 7.60. The zero-order chi connectivity index (χ0) is 15.7. The molecule has 0 unspecified atom stereocenters. The van der Waals surface area contributed by atoms with Crippen molar-refractivity contribution in [3.8, 4) is 0 Å². The Hall–Kier alpha value is -1.85. The molecule has 1 heterocycles. The number of nitrogens with zero attached hydrogens (tertiary/aromatic N) is 2. The molecule has 0 aromatic carbocycles. The van der Waals surface area contributed by atoms with Crippen LogP contribution in [-0.4, -0.2) is 36.0 Å². The van der Waals surface area contributed by atoms with Crippen LogP contribution in [0.4, 0.5) is 11.6 Å². The lowest BCUT2D eigenvalue weighted by atomic mass is 10.1. The number of rotatable bonds is 9. The lowest BCUT2D eigenvalue weighted by Crippen LogP contribution is -2.28. The highest BCUT2D eigenvalue weighted by Gasteiger charge is 2.10. The monoisotopic (exact) mass is 293 g/mol. The second kappa shape index (κ2) is 9.15. The van der Waals surface area contributed by atoms with Gasteiger partial charge in [0.1, 0.15) is 18.0 Å². The van der Waals surface area contributed by atoms with E-state index in [9.17, 15) is 4.79 Å². The second-order valence-corrected chi connectivity index (χ2v) is 5.42. The van der Waals surface area contributed by atoms with Crippen LogP contribution in [0, 0.1) is 5.92 Å². The second-order valence-electron chi connectivity index (χ2n) is 5.42. The summed E-state index contributed by atoms with van der Waals surface area (Å²) in [7, 11) is 1.85. The van der Waals surface area contributed by atoms with Crippen molar-refractivity contribution in [3.63, 3.8) is 0 Å². The van der Waals surface area contributed by atoms with Gasteiger partial charge in [0, 0.05) is 32.1 Å². The summed E-state index contributed by atoms with van der Waals surface area (Å²) in [6.07, 6.45) is 3.90. The zero-order valence-electron chi connectivity index (χ0n) is 13.5. The molecule has 0 saturated carbocycles. The van der Waals surface area contributed by atoms with Gasteiger partial charge in [-0.2, -0.15) is 0 Å². The van der Waals surface area contributed by atoms with E-state index in [1.807, 2.05) is 7.05 Å². The fourth-order valence-electron chi connectivity index (χ4n) is 1.97. The fourth-order valence-corrected chi connectivity index (χ4v) is 1.97. The topological polar surface area (TPSA) is 78.9 Å². The Kier molecular flexibility index (Phi) is 7.50. The molecular weight excluding hydrogens is 266 g/mol. The van der Waals surface area contributed by atoms with Crippen LogP contribution in [0.2, 0.25) is 0 Å². The van der Waals surface area contributed by atoms with Crippen molar-refractivity contribution in [2.24, 2.45) is 5.92 Å². The van der Waals surface area contributed by atoms with Crippen LogP contribution in [0.25, 0.3) is 0 Å². The zero-order valence-corrected chi connectivity index (χ0v) is 13.5. The van der Waals surface area contributed by atoms with Gasteiger partial charge in [-0.15, -0.1) is 0 Å². The molecule has 0 aliphatic heterocycles. The minimum atomic E-state index is 0.0659. The standard InChI is InChI=1S/C15H27N5O/c1-5-6-12-14(16-4)19-10-20-15(12)17-8-7-13(21)18-9-11(2)3/h10-11H,5-9H2,1-4H3,(H,18,21)(H2,16,17,19,20). The smallest absolute Gasteiger partial charge is 0.221 e. The quantitative estimate of drug-likeness (QED) is 0.649. The molecule has 6 heteroatoms. The summed E-state index contributed by atoms with van der Waals surface area (Å²) < 4.78 is 0. The van der Waals surface area contributed by atoms with Gasteiger partial charge in [0.05, 0.1) is 0 Å². The summed E-state index contributed by atoms with van der Waals surface area (Å²) in [5.74, 6) is 2.20. The number of aromatic nitrogens is 2. The molecule has 0 saturated heterocycles. The number of hydrogen-bond donors (Lipinski definition) is 3. The highest BCUT2D eigenvalue weighted by molar-refractivity contribution is 5.76. The first kappa shape index (κ1) is 17.2. The average Bonchev–Trinajstić information content (AvgIpc) is 2.46. The molecule has 6 nitrogen and oxygen atoms in total. The van der Waals surface area contributed by atoms with Crippen molar-refractivity contribution >= 4 is 17.5 Å². The van der Waals surface area contributed by atoms with Crippen LogP contribution in [0.5, 0.6) is 0 Å². The third-order valence-electron chi connectivity index (χ3n) is 3.03. The Morgan fingerprint density at radius 1 is 1.29 bits per heavy atom. The lowest BCUT2D eigenvalue weighted by Gasteiger charge is -2.13. The van der Waals surface area contributed by atoms with E-state index >= 15 is 0 Å². The summed E-state index contributed by atoms with van der Waals surface area (Å²) in [5.41, 5.74) is 1.07. The SMILES string of the molecule is CCCc1c(NC)ncnc1NCCC(=O)NCC(C)C. The number of carbonyl (C=O) groups is 1. The molecule has 1 rings (SSSR count).